The number of rotatable bonds is 4. The summed E-state index contributed by atoms with van der Waals surface area (Å²) in [5.74, 6) is 0.560. The number of amides is 1. The van der Waals surface area contributed by atoms with Gasteiger partial charge in [0.1, 0.15) is 0 Å². The number of benzene rings is 1. The van der Waals surface area contributed by atoms with E-state index in [0.29, 0.717) is 5.92 Å². The molecule has 1 amide bonds. The molecule has 1 aromatic rings. The summed E-state index contributed by atoms with van der Waals surface area (Å²) in [6.07, 6.45) is 0.761. The molecule has 132 valence electrons. The van der Waals surface area contributed by atoms with E-state index in [1.54, 1.807) is 0 Å². The molecule has 0 aromatic heterocycles. The van der Waals surface area contributed by atoms with Gasteiger partial charge in [0.25, 0.3) is 0 Å². The molecule has 1 heterocycles. The summed E-state index contributed by atoms with van der Waals surface area (Å²) in [6.45, 7) is 9.59. The van der Waals surface area contributed by atoms with Gasteiger partial charge in [0, 0.05) is 31.9 Å². The largest absolute Gasteiger partial charge is 0.368 e. The van der Waals surface area contributed by atoms with Crippen molar-refractivity contribution in [2.24, 2.45) is 11.7 Å². The maximum Gasteiger partial charge on any atom is 0.239 e. The zero-order valence-electron chi connectivity index (χ0n) is 14.2. The number of halogens is 2. The predicted molar refractivity (Wildman–Crippen MR) is 102 cm³/mol. The Hall–Kier alpha value is -0.970. The highest BCUT2D eigenvalue weighted by atomic mass is 35.5. The molecule has 23 heavy (non-hydrogen) atoms. The van der Waals surface area contributed by atoms with Crippen molar-refractivity contribution in [2.45, 2.75) is 33.2 Å². The molecule has 4 nitrogen and oxygen atoms in total. The van der Waals surface area contributed by atoms with Crippen LogP contribution in [0.1, 0.15) is 25.8 Å². The van der Waals surface area contributed by atoms with Gasteiger partial charge < -0.3 is 15.5 Å². The van der Waals surface area contributed by atoms with E-state index < -0.39 is 0 Å². The lowest BCUT2D eigenvalue weighted by Gasteiger charge is -2.37. The molecule has 1 aliphatic heterocycles. The van der Waals surface area contributed by atoms with Gasteiger partial charge in [-0.05, 0) is 37.0 Å². The number of nitrogens with zero attached hydrogens (tertiary/aromatic N) is 2. The van der Waals surface area contributed by atoms with Gasteiger partial charge >= 0.3 is 0 Å². The van der Waals surface area contributed by atoms with Gasteiger partial charge in [-0.25, -0.2) is 0 Å². The Labute approximate surface area is 152 Å². The van der Waals surface area contributed by atoms with Gasteiger partial charge in [-0.2, -0.15) is 0 Å². The highest BCUT2D eigenvalue weighted by Crippen LogP contribution is 2.18. The van der Waals surface area contributed by atoms with Gasteiger partial charge in [0.15, 0.2) is 0 Å². The Morgan fingerprint density at radius 2 is 1.78 bits per heavy atom. The minimum absolute atomic E-state index is 0. The fraction of sp³-hybridized carbons (Fsp3) is 0.588. The van der Waals surface area contributed by atoms with Gasteiger partial charge in [0.05, 0.1) is 6.04 Å². The zero-order valence-corrected chi connectivity index (χ0v) is 15.8. The summed E-state index contributed by atoms with van der Waals surface area (Å²) in [6, 6.07) is 8.17. The number of anilines is 1. The van der Waals surface area contributed by atoms with Crippen LogP contribution in [0.5, 0.6) is 0 Å². The molecule has 1 saturated heterocycles. The van der Waals surface area contributed by atoms with Crippen molar-refractivity contribution in [3.8, 4) is 0 Å². The molecule has 6 heteroatoms. The standard InChI is InChI=1S/C17H27N3O.2ClH/c1-13(2)11-16(18)17(21)20-9-7-19(8-10-20)15-6-4-5-14(3)12-15;;/h4-6,12-13,16H,7-11,18H2,1-3H3;2*1H/t16-;;/m0../s1. The molecular formula is C17H29Cl2N3O. The van der Waals surface area contributed by atoms with E-state index in [4.69, 9.17) is 5.73 Å². The maximum atomic E-state index is 12.3. The van der Waals surface area contributed by atoms with E-state index in [9.17, 15) is 4.79 Å². The lowest BCUT2D eigenvalue weighted by Crippen LogP contribution is -2.53. The number of nitrogens with two attached hydrogens (primary N) is 1. The summed E-state index contributed by atoms with van der Waals surface area (Å²) in [5, 5.41) is 0. The van der Waals surface area contributed by atoms with Crippen LogP contribution in [0.2, 0.25) is 0 Å². The van der Waals surface area contributed by atoms with Crippen LogP contribution < -0.4 is 10.6 Å². The molecule has 0 radical (unpaired) electrons. The van der Waals surface area contributed by atoms with Gasteiger partial charge in [-0.15, -0.1) is 24.8 Å². The minimum Gasteiger partial charge on any atom is -0.368 e. The van der Waals surface area contributed by atoms with Crippen molar-refractivity contribution in [1.29, 1.82) is 0 Å². The first kappa shape index (κ1) is 22.0. The number of piperazine rings is 1. The number of carbonyl (C=O) groups is 1. The predicted octanol–water partition coefficient (Wildman–Crippen LogP) is 2.86. The summed E-state index contributed by atoms with van der Waals surface area (Å²) in [7, 11) is 0. The average molecular weight is 362 g/mol. The van der Waals surface area contributed by atoms with Crippen molar-refractivity contribution in [3.05, 3.63) is 29.8 Å². The second-order valence-electron chi connectivity index (χ2n) is 6.39. The summed E-state index contributed by atoms with van der Waals surface area (Å²) < 4.78 is 0. The van der Waals surface area contributed by atoms with Crippen LogP contribution in [0.3, 0.4) is 0 Å². The highest BCUT2D eigenvalue weighted by molar-refractivity contribution is 5.85. The normalized spacial score (nSPS) is 15.7. The topological polar surface area (TPSA) is 49.6 Å². The first-order valence-corrected chi connectivity index (χ1v) is 7.83. The van der Waals surface area contributed by atoms with Crippen LogP contribution in [-0.4, -0.2) is 43.0 Å². The van der Waals surface area contributed by atoms with Crippen LogP contribution in [0.4, 0.5) is 5.69 Å². The minimum atomic E-state index is -0.351. The first-order valence-electron chi connectivity index (χ1n) is 7.83. The molecule has 0 unspecified atom stereocenters. The molecule has 2 N–H and O–H groups in total. The van der Waals surface area contributed by atoms with E-state index >= 15 is 0 Å². The Kier molecular flexibility index (Phi) is 9.59. The SMILES string of the molecule is Cc1cccc(N2CCN(C(=O)[C@@H](N)CC(C)C)CC2)c1.Cl.Cl. The molecule has 1 atom stereocenters. The van der Waals surface area contributed by atoms with Crippen molar-refractivity contribution in [1.82, 2.24) is 4.90 Å². The van der Waals surface area contributed by atoms with Gasteiger partial charge in [-0.3, -0.25) is 4.79 Å². The molecular weight excluding hydrogens is 333 g/mol. The number of aryl methyl sites for hydroxylation is 1. The molecule has 0 spiro atoms. The van der Waals surface area contributed by atoms with Crippen molar-refractivity contribution >= 4 is 36.4 Å². The molecule has 2 rings (SSSR count). The first-order chi connectivity index (χ1) is 9.97. The number of hydrogen-bond donors (Lipinski definition) is 1. The molecule has 1 fully saturated rings. The molecule has 1 aromatic carbocycles. The Morgan fingerprint density at radius 1 is 1.17 bits per heavy atom. The monoisotopic (exact) mass is 361 g/mol. The van der Waals surface area contributed by atoms with Crippen LogP contribution in [-0.2, 0) is 4.79 Å². The molecule has 1 aliphatic rings. The summed E-state index contributed by atoms with van der Waals surface area (Å²) in [5.41, 5.74) is 8.52. The van der Waals surface area contributed by atoms with E-state index in [1.807, 2.05) is 4.90 Å². The quantitative estimate of drug-likeness (QED) is 0.896. The molecule has 0 bridgehead atoms. The third-order valence-corrected chi connectivity index (χ3v) is 4.00. The fourth-order valence-electron chi connectivity index (χ4n) is 2.85. The molecule has 0 aliphatic carbocycles. The third-order valence-electron chi connectivity index (χ3n) is 4.00. The fourth-order valence-corrected chi connectivity index (χ4v) is 2.85. The van der Waals surface area contributed by atoms with E-state index in [-0.39, 0.29) is 36.8 Å². The number of hydrogen-bond acceptors (Lipinski definition) is 3. The van der Waals surface area contributed by atoms with Gasteiger partial charge in [0.2, 0.25) is 5.91 Å². The van der Waals surface area contributed by atoms with Crippen LogP contribution >= 0.6 is 24.8 Å². The highest BCUT2D eigenvalue weighted by Gasteiger charge is 2.25. The van der Waals surface area contributed by atoms with Gasteiger partial charge in [-0.1, -0.05) is 26.0 Å². The van der Waals surface area contributed by atoms with Crippen LogP contribution in [0, 0.1) is 12.8 Å². The lowest BCUT2D eigenvalue weighted by atomic mass is 10.0. The summed E-state index contributed by atoms with van der Waals surface area (Å²) >= 11 is 0. The van der Waals surface area contributed by atoms with E-state index in [2.05, 4.69) is 49.9 Å². The summed E-state index contributed by atoms with van der Waals surface area (Å²) in [4.78, 5) is 16.6. The Bertz CT molecular complexity index is 488. The average Bonchev–Trinajstić information content (AvgIpc) is 2.46. The molecule has 0 saturated carbocycles. The van der Waals surface area contributed by atoms with Crippen LogP contribution in [0.25, 0.3) is 0 Å². The lowest BCUT2D eigenvalue weighted by molar-refractivity contribution is -0.133. The van der Waals surface area contributed by atoms with Crippen LogP contribution in [0.15, 0.2) is 24.3 Å². The van der Waals surface area contributed by atoms with E-state index in [0.717, 1.165) is 32.6 Å². The maximum absolute atomic E-state index is 12.3. The number of carbonyl (C=O) groups excluding carboxylic acids is 1. The Morgan fingerprint density at radius 3 is 2.30 bits per heavy atom. The smallest absolute Gasteiger partial charge is 0.239 e. The second-order valence-corrected chi connectivity index (χ2v) is 6.39. The zero-order chi connectivity index (χ0) is 15.4. The third kappa shape index (κ3) is 6.21. The van der Waals surface area contributed by atoms with Crippen molar-refractivity contribution in [3.63, 3.8) is 0 Å². The van der Waals surface area contributed by atoms with Crippen molar-refractivity contribution in [2.75, 3.05) is 31.1 Å². The van der Waals surface area contributed by atoms with Crippen molar-refractivity contribution < 1.29 is 4.79 Å². The van der Waals surface area contributed by atoms with E-state index in [1.165, 1.54) is 11.3 Å². The Balaban J connectivity index is 0.00000242. The second kappa shape index (κ2) is 10.0.